The lowest BCUT2D eigenvalue weighted by molar-refractivity contribution is 0.414. The average Bonchev–Trinajstić information content (AvgIpc) is 2.29. The quantitative estimate of drug-likeness (QED) is 0.778. The fourth-order valence-corrected chi connectivity index (χ4v) is 1.56. The minimum absolute atomic E-state index is 0.642. The SMILES string of the molecule is COc1ccc(CCCC(C)CN)cc1. The van der Waals surface area contributed by atoms with E-state index in [1.807, 2.05) is 12.1 Å². The van der Waals surface area contributed by atoms with Crippen LogP contribution in [0.15, 0.2) is 24.3 Å². The largest absolute Gasteiger partial charge is 0.497 e. The summed E-state index contributed by atoms with van der Waals surface area (Å²) in [7, 11) is 1.69. The van der Waals surface area contributed by atoms with E-state index in [4.69, 9.17) is 10.5 Å². The maximum absolute atomic E-state index is 5.57. The van der Waals surface area contributed by atoms with Crippen molar-refractivity contribution >= 4 is 0 Å². The number of methoxy groups -OCH3 is 1. The van der Waals surface area contributed by atoms with Gasteiger partial charge in [0.1, 0.15) is 5.75 Å². The Labute approximate surface area is 92.4 Å². The molecule has 0 heterocycles. The van der Waals surface area contributed by atoms with Crippen LogP contribution >= 0.6 is 0 Å². The van der Waals surface area contributed by atoms with Crippen LogP contribution in [0.2, 0.25) is 0 Å². The molecule has 1 atom stereocenters. The van der Waals surface area contributed by atoms with Crippen LogP contribution in [0.4, 0.5) is 0 Å². The van der Waals surface area contributed by atoms with Gasteiger partial charge in [-0.05, 0) is 49.4 Å². The molecule has 0 saturated heterocycles. The molecule has 0 aliphatic carbocycles. The zero-order valence-electron chi connectivity index (χ0n) is 9.70. The molecule has 1 aromatic rings. The number of benzene rings is 1. The first-order valence-electron chi connectivity index (χ1n) is 5.59. The predicted octanol–water partition coefficient (Wildman–Crippen LogP) is 2.61. The smallest absolute Gasteiger partial charge is 0.118 e. The molecule has 0 bridgehead atoms. The van der Waals surface area contributed by atoms with Gasteiger partial charge < -0.3 is 10.5 Å². The van der Waals surface area contributed by atoms with E-state index in [0.717, 1.165) is 18.7 Å². The van der Waals surface area contributed by atoms with E-state index in [1.165, 1.54) is 18.4 Å². The summed E-state index contributed by atoms with van der Waals surface area (Å²) in [5.74, 6) is 1.57. The third-order valence-electron chi connectivity index (χ3n) is 2.72. The molecule has 0 spiro atoms. The summed E-state index contributed by atoms with van der Waals surface area (Å²) in [5.41, 5.74) is 6.95. The summed E-state index contributed by atoms with van der Waals surface area (Å²) in [4.78, 5) is 0. The summed E-state index contributed by atoms with van der Waals surface area (Å²) in [5, 5.41) is 0. The van der Waals surface area contributed by atoms with Gasteiger partial charge in [0.25, 0.3) is 0 Å². The highest BCUT2D eigenvalue weighted by Gasteiger charge is 1.99. The van der Waals surface area contributed by atoms with E-state index in [2.05, 4.69) is 19.1 Å². The first kappa shape index (κ1) is 12.1. The van der Waals surface area contributed by atoms with Gasteiger partial charge in [-0.1, -0.05) is 19.1 Å². The molecule has 2 nitrogen and oxygen atoms in total. The third-order valence-corrected chi connectivity index (χ3v) is 2.72. The van der Waals surface area contributed by atoms with Crippen molar-refractivity contribution in [1.82, 2.24) is 0 Å². The van der Waals surface area contributed by atoms with E-state index in [9.17, 15) is 0 Å². The molecular formula is C13H21NO. The van der Waals surface area contributed by atoms with Gasteiger partial charge in [0.05, 0.1) is 7.11 Å². The van der Waals surface area contributed by atoms with Crippen LogP contribution in [0.3, 0.4) is 0 Å². The Kier molecular flexibility index (Phi) is 5.19. The Hall–Kier alpha value is -1.02. The third kappa shape index (κ3) is 4.34. The summed E-state index contributed by atoms with van der Waals surface area (Å²) >= 11 is 0. The molecule has 0 aromatic heterocycles. The molecule has 0 amide bonds. The zero-order valence-corrected chi connectivity index (χ0v) is 9.70. The molecule has 84 valence electrons. The standard InChI is InChI=1S/C13H21NO/c1-11(10-14)4-3-5-12-6-8-13(15-2)9-7-12/h6-9,11H,3-5,10,14H2,1-2H3. The Morgan fingerprint density at radius 1 is 1.27 bits per heavy atom. The highest BCUT2D eigenvalue weighted by molar-refractivity contribution is 5.27. The van der Waals surface area contributed by atoms with Gasteiger partial charge in [-0.3, -0.25) is 0 Å². The van der Waals surface area contributed by atoms with Gasteiger partial charge in [0.15, 0.2) is 0 Å². The first-order chi connectivity index (χ1) is 7.26. The Balaban J connectivity index is 2.31. The minimum Gasteiger partial charge on any atom is -0.497 e. The van der Waals surface area contributed by atoms with Crippen molar-refractivity contribution < 1.29 is 4.74 Å². The number of rotatable bonds is 6. The van der Waals surface area contributed by atoms with Gasteiger partial charge in [-0.2, -0.15) is 0 Å². The molecule has 0 fully saturated rings. The first-order valence-corrected chi connectivity index (χ1v) is 5.59. The molecule has 0 radical (unpaired) electrons. The maximum atomic E-state index is 5.57. The fourth-order valence-electron chi connectivity index (χ4n) is 1.56. The molecule has 15 heavy (non-hydrogen) atoms. The van der Waals surface area contributed by atoms with E-state index < -0.39 is 0 Å². The van der Waals surface area contributed by atoms with Gasteiger partial charge in [-0.15, -0.1) is 0 Å². The van der Waals surface area contributed by atoms with E-state index >= 15 is 0 Å². The van der Waals surface area contributed by atoms with Crippen LogP contribution in [-0.2, 0) is 6.42 Å². The Morgan fingerprint density at radius 2 is 1.93 bits per heavy atom. The Morgan fingerprint density at radius 3 is 2.47 bits per heavy atom. The number of hydrogen-bond acceptors (Lipinski definition) is 2. The lowest BCUT2D eigenvalue weighted by Gasteiger charge is -2.08. The lowest BCUT2D eigenvalue weighted by atomic mass is 10.0. The molecule has 0 saturated carbocycles. The van der Waals surface area contributed by atoms with Crippen molar-refractivity contribution in [2.45, 2.75) is 26.2 Å². The minimum atomic E-state index is 0.642. The van der Waals surface area contributed by atoms with E-state index in [1.54, 1.807) is 7.11 Å². The van der Waals surface area contributed by atoms with Crippen LogP contribution < -0.4 is 10.5 Å². The van der Waals surface area contributed by atoms with Crippen LogP contribution in [0, 0.1) is 5.92 Å². The lowest BCUT2D eigenvalue weighted by Crippen LogP contribution is -2.10. The van der Waals surface area contributed by atoms with Gasteiger partial charge in [0.2, 0.25) is 0 Å². The molecular weight excluding hydrogens is 186 g/mol. The molecule has 0 aliphatic rings. The van der Waals surface area contributed by atoms with Crippen LogP contribution in [-0.4, -0.2) is 13.7 Å². The van der Waals surface area contributed by atoms with Crippen molar-refractivity contribution in [1.29, 1.82) is 0 Å². The molecule has 2 N–H and O–H groups in total. The van der Waals surface area contributed by atoms with Gasteiger partial charge >= 0.3 is 0 Å². The average molecular weight is 207 g/mol. The maximum Gasteiger partial charge on any atom is 0.118 e. The molecule has 1 unspecified atom stereocenters. The summed E-state index contributed by atoms with van der Waals surface area (Å²) in [6.07, 6.45) is 3.56. The second-order valence-corrected chi connectivity index (χ2v) is 4.08. The predicted molar refractivity (Wildman–Crippen MR) is 64.2 cm³/mol. The molecule has 0 aliphatic heterocycles. The van der Waals surface area contributed by atoms with E-state index in [-0.39, 0.29) is 0 Å². The van der Waals surface area contributed by atoms with Crippen molar-refractivity contribution in [2.24, 2.45) is 11.7 Å². The molecule has 2 heteroatoms. The second kappa shape index (κ2) is 6.46. The van der Waals surface area contributed by atoms with Crippen molar-refractivity contribution in [3.8, 4) is 5.75 Å². The topological polar surface area (TPSA) is 35.2 Å². The molecule has 1 rings (SSSR count). The second-order valence-electron chi connectivity index (χ2n) is 4.08. The van der Waals surface area contributed by atoms with Gasteiger partial charge in [-0.25, -0.2) is 0 Å². The number of nitrogens with two attached hydrogens (primary N) is 1. The number of ether oxygens (including phenoxy) is 1. The normalized spacial score (nSPS) is 12.5. The summed E-state index contributed by atoms with van der Waals surface area (Å²) < 4.78 is 5.11. The monoisotopic (exact) mass is 207 g/mol. The van der Waals surface area contributed by atoms with Crippen LogP contribution in [0.5, 0.6) is 5.75 Å². The molecule has 1 aromatic carbocycles. The highest BCUT2D eigenvalue weighted by Crippen LogP contribution is 2.14. The van der Waals surface area contributed by atoms with E-state index in [0.29, 0.717) is 5.92 Å². The van der Waals surface area contributed by atoms with Crippen molar-refractivity contribution in [3.63, 3.8) is 0 Å². The number of aryl methyl sites for hydroxylation is 1. The van der Waals surface area contributed by atoms with Gasteiger partial charge in [0, 0.05) is 0 Å². The van der Waals surface area contributed by atoms with Crippen molar-refractivity contribution in [2.75, 3.05) is 13.7 Å². The zero-order chi connectivity index (χ0) is 11.1. The summed E-state index contributed by atoms with van der Waals surface area (Å²) in [6.45, 7) is 3.00. The van der Waals surface area contributed by atoms with Crippen LogP contribution in [0.1, 0.15) is 25.3 Å². The number of hydrogen-bond donors (Lipinski definition) is 1. The summed E-state index contributed by atoms with van der Waals surface area (Å²) in [6, 6.07) is 8.29. The fraction of sp³-hybridized carbons (Fsp3) is 0.538. The van der Waals surface area contributed by atoms with Crippen LogP contribution in [0.25, 0.3) is 0 Å². The Bertz CT molecular complexity index is 268. The van der Waals surface area contributed by atoms with Crippen molar-refractivity contribution in [3.05, 3.63) is 29.8 Å². The highest BCUT2D eigenvalue weighted by atomic mass is 16.5.